The van der Waals surface area contributed by atoms with Crippen LogP contribution in [0.2, 0.25) is 0 Å². The van der Waals surface area contributed by atoms with Crippen LogP contribution >= 0.6 is 0 Å². The molecule has 1 aromatic rings. The molecule has 0 bridgehead atoms. The highest BCUT2D eigenvalue weighted by molar-refractivity contribution is 6.07. The van der Waals surface area contributed by atoms with Crippen LogP contribution in [0.15, 0.2) is 30.3 Å². The van der Waals surface area contributed by atoms with Crippen LogP contribution in [0, 0.1) is 0 Å². The molecule has 8 heteroatoms. The number of carboxylic acid groups (broad SMARTS) is 1. The van der Waals surface area contributed by atoms with Gasteiger partial charge in [-0.3, -0.25) is 10.6 Å². The molecule has 0 aliphatic carbocycles. The van der Waals surface area contributed by atoms with Gasteiger partial charge in [-0.05, 0) is 12.0 Å². The van der Waals surface area contributed by atoms with E-state index in [0.717, 1.165) is 12.0 Å². The van der Waals surface area contributed by atoms with E-state index in [1.54, 1.807) is 24.3 Å². The van der Waals surface area contributed by atoms with E-state index in [1.807, 2.05) is 18.4 Å². The Bertz CT molecular complexity index is 563. The van der Waals surface area contributed by atoms with Crippen LogP contribution < -0.4 is 11.3 Å². The van der Waals surface area contributed by atoms with E-state index in [9.17, 15) is 19.5 Å². The summed E-state index contributed by atoms with van der Waals surface area (Å²) in [7, 11) is 0. The van der Waals surface area contributed by atoms with Crippen molar-refractivity contribution in [1.82, 2.24) is 5.43 Å². The Morgan fingerprint density at radius 1 is 1.21 bits per heavy atom. The molecule has 0 aliphatic heterocycles. The first-order valence-electron chi connectivity index (χ1n) is 7.54. The monoisotopic (exact) mass is 338 g/mol. The molecule has 1 atom stereocenters. The Hall–Kier alpha value is -2.45. The first-order chi connectivity index (χ1) is 11.5. The van der Waals surface area contributed by atoms with Crippen LogP contribution in [0.3, 0.4) is 0 Å². The molecule has 1 rings (SSSR count). The van der Waals surface area contributed by atoms with Crippen LogP contribution in [0.5, 0.6) is 0 Å². The van der Waals surface area contributed by atoms with E-state index < -0.39 is 29.9 Å². The van der Waals surface area contributed by atoms with Gasteiger partial charge in [-0.2, -0.15) is 0 Å². The molecule has 0 aromatic heterocycles. The number of nitrogens with one attached hydrogen (secondary N) is 1. The van der Waals surface area contributed by atoms with Gasteiger partial charge in [0.2, 0.25) is 5.54 Å². The van der Waals surface area contributed by atoms with E-state index in [2.05, 4.69) is 0 Å². The molecule has 1 unspecified atom stereocenters. The molecule has 0 aliphatic rings. The van der Waals surface area contributed by atoms with Crippen LogP contribution in [0.25, 0.3) is 0 Å². The van der Waals surface area contributed by atoms with Crippen molar-refractivity contribution in [3.05, 3.63) is 35.9 Å². The highest BCUT2D eigenvalue weighted by atomic mass is 16.5. The van der Waals surface area contributed by atoms with Crippen molar-refractivity contribution in [3.8, 4) is 0 Å². The van der Waals surface area contributed by atoms with Gasteiger partial charge < -0.3 is 14.6 Å². The second-order valence-electron chi connectivity index (χ2n) is 5.17. The number of rotatable bonds is 10. The number of hydrazine groups is 1. The zero-order valence-electron chi connectivity index (χ0n) is 13.5. The van der Waals surface area contributed by atoms with Crippen LogP contribution in [-0.4, -0.2) is 35.2 Å². The molecule has 0 radical (unpaired) electrons. The number of hydrogen-bond donors (Lipinski definition) is 3. The maximum atomic E-state index is 12.1. The van der Waals surface area contributed by atoms with Gasteiger partial charge in [0.15, 0.2) is 0 Å². The average molecular weight is 338 g/mol. The highest BCUT2D eigenvalue weighted by Crippen LogP contribution is 2.15. The number of carbonyl (C=O) groups is 3. The lowest BCUT2D eigenvalue weighted by atomic mass is 9.96. The number of carbonyl (C=O) groups excluding carboxylic acids is 2. The number of nitrogens with two attached hydrogens (primary N) is 1. The van der Waals surface area contributed by atoms with Gasteiger partial charge in [-0.25, -0.2) is 15.0 Å². The molecule has 0 amide bonds. The first kappa shape index (κ1) is 19.6. The zero-order chi connectivity index (χ0) is 18.0. The summed E-state index contributed by atoms with van der Waals surface area (Å²) in [4.78, 5) is 35.5. The van der Waals surface area contributed by atoms with Crippen molar-refractivity contribution in [2.24, 2.45) is 5.84 Å². The predicted octanol–water partition coefficient (Wildman–Crippen LogP) is 0.750. The average Bonchev–Trinajstić information content (AvgIpc) is 2.58. The summed E-state index contributed by atoms with van der Waals surface area (Å²) in [6.45, 7) is 1.90. The zero-order valence-corrected chi connectivity index (χ0v) is 13.5. The minimum Gasteiger partial charge on any atom is -0.479 e. The fourth-order valence-electron chi connectivity index (χ4n) is 1.84. The Morgan fingerprint density at radius 2 is 1.88 bits per heavy atom. The largest absolute Gasteiger partial charge is 0.479 e. The summed E-state index contributed by atoms with van der Waals surface area (Å²) >= 11 is 0. The fraction of sp³-hybridized carbons (Fsp3) is 0.438. The molecule has 4 N–H and O–H groups in total. The second kappa shape index (κ2) is 9.64. The third-order valence-electron chi connectivity index (χ3n) is 3.34. The molecular weight excluding hydrogens is 316 g/mol. The third kappa shape index (κ3) is 5.32. The van der Waals surface area contributed by atoms with Gasteiger partial charge in [0.05, 0.1) is 13.0 Å². The molecule has 0 fully saturated rings. The van der Waals surface area contributed by atoms with Crippen molar-refractivity contribution in [2.75, 3.05) is 6.61 Å². The van der Waals surface area contributed by atoms with Crippen LogP contribution in [-0.2, 0) is 30.5 Å². The first-order valence-corrected chi connectivity index (χ1v) is 7.54. The predicted molar refractivity (Wildman–Crippen MR) is 84.4 cm³/mol. The van der Waals surface area contributed by atoms with E-state index in [1.165, 1.54) is 0 Å². The lowest BCUT2D eigenvalue weighted by Gasteiger charge is -2.25. The summed E-state index contributed by atoms with van der Waals surface area (Å²) in [5.74, 6) is 1.62. The topological polar surface area (TPSA) is 128 Å². The van der Waals surface area contributed by atoms with Gasteiger partial charge >= 0.3 is 17.9 Å². The molecule has 0 spiro atoms. The quantitative estimate of drug-likeness (QED) is 0.187. The van der Waals surface area contributed by atoms with Gasteiger partial charge in [-0.15, -0.1) is 0 Å². The van der Waals surface area contributed by atoms with E-state index in [0.29, 0.717) is 6.42 Å². The normalized spacial score (nSPS) is 12.9. The SMILES string of the molecule is CCCCOC(=O)C(CC(=O)OCc1ccccc1)(NN)C(=O)O. The van der Waals surface area contributed by atoms with Gasteiger partial charge in [0, 0.05) is 0 Å². The lowest BCUT2D eigenvalue weighted by molar-refractivity contribution is -0.169. The molecular formula is C16H22N2O6. The number of unbranched alkanes of at least 4 members (excludes halogenated alkanes) is 1. The number of esters is 2. The van der Waals surface area contributed by atoms with Crippen molar-refractivity contribution < 1.29 is 29.0 Å². The number of aliphatic carboxylic acids is 1. The number of ether oxygens (including phenoxy) is 2. The Morgan fingerprint density at radius 3 is 2.42 bits per heavy atom. The number of benzene rings is 1. The maximum Gasteiger partial charge on any atom is 0.339 e. The second-order valence-corrected chi connectivity index (χ2v) is 5.17. The maximum absolute atomic E-state index is 12.1. The molecule has 132 valence electrons. The standard InChI is InChI=1S/C16H22N2O6/c1-2-3-9-23-15(22)16(18-17,14(20)21)10-13(19)24-11-12-7-5-4-6-8-12/h4-8,18H,2-3,9-11,17H2,1H3,(H,20,21). The molecule has 0 saturated heterocycles. The van der Waals surface area contributed by atoms with E-state index >= 15 is 0 Å². The van der Waals surface area contributed by atoms with Crippen molar-refractivity contribution in [3.63, 3.8) is 0 Å². The number of hydrogen-bond acceptors (Lipinski definition) is 7. The Balaban J connectivity index is 2.72. The van der Waals surface area contributed by atoms with E-state index in [4.69, 9.17) is 15.3 Å². The van der Waals surface area contributed by atoms with Crippen LogP contribution in [0.1, 0.15) is 31.7 Å². The van der Waals surface area contributed by atoms with Crippen molar-refractivity contribution in [1.29, 1.82) is 0 Å². The van der Waals surface area contributed by atoms with Crippen LogP contribution in [0.4, 0.5) is 0 Å². The Kier molecular flexibility index (Phi) is 7.87. The fourth-order valence-corrected chi connectivity index (χ4v) is 1.84. The van der Waals surface area contributed by atoms with Gasteiger partial charge in [-0.1, -0.05) is 43.7 Å². The van der Waals surface area contributed by atoms with Gasteiger partial charge in [0.1, 0.15) is 6.61 Å². The molecule has 24 heavy (non-hydrogen) atoms. The molecule has 1 aromatic carbocycles. The number of carboxylic acids is 1. The summed E-state index contributed by atoms with van der Waals surface area (Å²) in [5.41, 5.74) is 0.257. The van der Waals surface area contributed by atoms with E-state index in [-0.39, 0.29) is 13.2 Å². The summed E-state index contributed by atoms with van der Waals surface area (Å²) in [5, 5.41) is 9.33. The van der Waals surface area contributed by atoms with Crippen molar-refractivity contribution in [2.45, 2.75) is 38.3 Å². The summed E-state index contributed by atoms with van der Waals surface area (Å²) < 4.78 is 9.90. The smallest absolute Gasteiger partial charge is 0.339 e. The third-order valence-corrected chi connectivity index (χ3v) is 3.34. The lowest BCUT2D eigenvalue weighted by Crippen LogP contribution is -2.62. The molecule has 0 heterocycles. The minimum absolute atomic E-state index is 0.0369. The van der Waals surface area contributed by atoms with Gasteiger partial charge in [0.25, 0.3) is 0 Å². The Labute approximate surface area is 139 Å². The highest BCUT2D eigenvalue weighted by Gasteiger charge is 2.49. The van der Waals surface area contributed by atoms with Crippen molar-refractivity contribution >= 4 is 17.9 Å². The summed E-state index contributed by atoms with van der Waals surface area (Å²) in [6, 6.07) is 8.86. The summed E-state index contributed by atoms with van der Waals surface area (Å²) in [6.07, 6.45) is 0.559. The molecule has 8 nitrogen and oxygen atoms in total. The molecule has 0 saturated carbocycles. The minimum atomic E-state index is -2.37.